The first-order valence-corrected chi connectivity index (χ1v) is 6.85. The summed E-state index contributed by atoms with van der Waals surface area (Å²) >= 11 is 0. The summed E-state index contributed by atoms with van der Waals surface area (Å²) < 4.78 is 10.6. The number of benzene rings is 1. The molecule has 1 amide bonds. The van der Waals surface area contributed by atoms with E-state index in [0.29, 0.717) is 19.8 Å². The number of likely N-dealkylation sites (N-methyl/N-ethyl adjacent to an activating group) is 1. The summed E-state index contributed by atoms with van der Waals surface area (Å²) in [6.45, 7) is 5.76. The number of aryl methyl sites for hydroxylation is 1. The van der Waals surface area contributed by atoms with Crippen molar-refractivity contribution in [2.75, 3.05) is 39.2 Å². The highest BCUT2D eigenvalue weighted by Gasteiger charge is 2.06. The lowest BCUT2D eigenvalue weighted by Gasteiger charge is -2.13. The molecule has 0 radical (unpaired) electrons. The predicted molar refractivity (Wildman–Crippen MR) is 80.5 cm³/mol. The van der Waals surface area contributed by atoms with Crippen molar-refractivity contribution in [2.45, 2.75) is 20.3 Å². The summed E-state index contributed by atoms with van der Waals surface area (Å²) in [7, 11) is 3.86. The second kappa shape index (κ2) is 8.43. The average molecular weight is 280 g/mol. The van der Waals surface area contributed by atoms with E-state index in [1.807, 2.05) is 44.1 Å². The zero-order valence-corrected chi connectivity index (χ0v) is 12.7. The molecule has 1 N–H and O–H groups in total. The molecule has 0 fully saturated rings. The molecule has 20 heavy (non-hydrogen) atoms. The number of anilines is 1. The van der Waals surface area contributed by atoms with Crippen LogP contribution in [0.25, 0.3) is 0 Å². The minimum atomic E-state index is -0.433. The normalized spacial score (nSPS) is 10.4. The van der Waals surface area contributed by atoms with E-state index in [1.165, 1.54) is 0 Å². The zero-order chi connectivity index (χ0) is 15.0. The second-order valence-corrected chi connectivity index (χ2v) is 4.89. The minimum Gasteiger partial charge on any atom is -0.494 e. The fourth-order valence-corrected chi connectivity index (χ4v) is 1.55. The molecule has 1 aromatic carbocycles. The van der Waals surface area contributed by atoms with Crippen molar-refractivity contribution < 1.29 is 14.3 Å². The molecular weight excluding hydrogens is 256 g/mol. The third-order valence-corrected chi connectivity index (χ3v) is 2.68. The summed E-state index contributed by atoms with van der Waals surface area (Å²) in [5.74, 6) is 0.816. The van der Waals surface area contributed by atoms with Gasteiger partial charge in [-0.25, -0.2) is 4.79 Å². The Morgan fingerprint density at radius 2 is 2.05 bits per heavy atom. The lowest BCUT2D eigenvalue weighted by Crippen LogP contribution is -2.22. The molecule has 112 valence electrons. The summed E-state index contributed by atoms with van der Waals surface area (Å²) in [6.07, 6.45) is 0.536. The van der Waals surface area contributed by atoms with Gasteiger partial charge in [0.2, 0.25) is 0 Å². The monoisotopic (exact) mass is 280 g/mol. The van der Waals surface area contributed by atoms with E-state index in [2.05, 4.69) is 12.2 Å². The van der Waals surface area contributed by atoms with Crippen molar-refractivity contribution in [1.29, 1.82) is 0 Å². The van der Waals surface area contributed by atoms with E-state index in [-0.39, 0.29) is 0 Å². The van der Waals surface area contributed by atoms with Gasteiger partial charge in [0.25, 0.3) is 0 Å². The van der Waals surface area contributed by atoms with Crippen LogP contribution in [0.15, 0.2) is 18.2 Å². The van der Waals surface area contributed by atoms with Gasteiger partial charge in [0.15, 0.2) is 0 Å². The molecule has 0 aromatic heterocycles. The van der Waals surface area contributed by atoms with Crippen LogP contribution in [0.2, 0.25) is 0 Å². The van der Waals surface area contributed by atoms with Crippen LogP contribution < -0.4 is 10.1 Å². The molecule has 0 aliphatic rings. The Morgan fingerprint density at radius 1 is 1.30 bits per heavy atom. The maximum absolute atomic E-state index is 11.6. The molecule has 0 aliphatic heterocycles. The molecule has 5 heteroatoms. The van der Waals surface area contributed by atoms with Crippen LogP contribution in [-0.4, -0.2) is 44.8 Å². The molecule has 1 rings (SSSR count). The predicted octanol–water partition coefficient (Wildman–Crippen LogP) is 2.89. The molecule has 0 heterocycles. The number of carbonyl (C=O) groups is 1. The number of nitrogens with zero attached hydrogens (tertiary/aromatic N) is 1. The first-order valence-electron chi connectivity index (χ1n) is 6.85. The third-order valence-electron chi connectivity index (χ3n) is 2.68. The van der Waals surface area contributed by atoms with Gasteiger partial charge in [0, 0.05) is 12.2 Å². The Bertz CT molecular complexity index is 433. The van der Waals surface area contributed by atoms with Crippen molar-refractivity contribution in [3.05, 3.63) is 23.8 Å². The number of hydrogen-bond acceptors (Lipinski definition) is 4. The number of carbonyl (C=O) groups excluding carboxylic acids is 1. The van der Waals surface area contributed by atoms with Crippen LogP contribution >= 0.6 is 0 Å². The van der Waals surface area contributed by atoms with Gasteiger partial charge in [-0.1, -0.05) is 6.92 Å². The first kappa shape index (κ1) is 16.3. The van der Waals surface area contributed by atoms with Crippen molar-refractivity contribution in [3.63, 3.8) is 0 Å². The van der Waals surface area contributed by atoms with Gasteiger partial charge in [0.05, 0.1) is 6.61 Å². The Kier molecular flexibility index (Phi) is 6.87. The highest BCUT2D eigenvalue weighted by atomic mass is 16.5. The Hall–Kier alpha value is -1.75. The average Bonchev–Trinajstić information content (AvgIpc) is 2.38. The van der Waals surface area contributed by atoms with Crippen molar-refractivity contribution in [3.8, 4) is 5.75 Å². The van der Waals surface area contributed by atoms with Gasteiger partial charge in [0.1, 0.15) is 12.4 Å². The molecule has 0 atom stereocenters. The van der Waals surface area contributed by atoms with Crippen LogP contribution in [0.3, 0.4) is 0 Å². The summed E-state index contributed by atoms with van der Waals surface area (Å²) in [6, 6.07) is 5.58. The van der Waals surface area contributed by atoms with Gasteiger partial charge in [-0.05, 0) is 51.2 Å². The molecule has 0 unspecified atom stereocenters. The van der Waals surface area contributed by atoms with Gasteiger partial charge < -0.3 is 14.4 Å². The van der Waals surface area contributed by atoms with Crippen molar-refractivity contribution >= 4 is 11.8 Å². The number of rotatable bonds is 7. The number of amides is 1. The first-order chi connectivity index (χ1) is 9.52. The molecular formula is C15H24N2O3. The van der Waals surface area contributed by atoms with Gasteiger partial charge in [-0.15, -0.1) is 0 Å². The molecule has 1 aromatic rings. The summed E-state index contributed by atoms with van der Waals surface area (Å²) in [5.41, 5.74) is 1.69. The maximum Gasteiger partial charge on any atom is 0.411 e. The maximum atomic E-state index is 11.6. The molecule has 0 saturated heterocycles. The van der Waals surface area contributed by atoms with E-state index in [9.17, 15) is 4.79 Å². The van der Waals surface area contributed by atoms with Crippen LogP contribution in [0.1, 0.15) is 18.9 Å². The summed E-state index contributed by atoms with van der Waals surface area (Å²) in [5, 5.41) is 2.73. The van der Waals surface area contributed by atoms with Crippen molar-refractivity contribution in [1.82, 2.24) is 4.90 Å². The molecule has 0 spiro atoms. The second-order valence-electron chi connectivity index (χ2n) is 4.89. The standard InChI is InChI=1S/C15H24N2O3/c1-5-9-19-13-6-7-14(12(2)11-13)16-15(18)20-10-8-17(3)4/h6-7,11H,5,8-10H2,1-4H3,(H,16,18). The quantitative estimate of drug-likeness (QED) is 0.834. The fourth-order valence-electron chi connectivity index (χ4n) is 1.55. The summed E-state index contributed by atoms with van der Waals surface area (Å²) in [4.78, 5) is 13.6. The van der Waals surface area contributed by atoms with E-state index in [0.717, 1.165) is 23.4 Å². The van der Waals surface area contributed by atoms with Crippen molar-refractivity contribution in [2.24, 2.45) is 0 Å². The number of nitrogens with one attached hydrogen (secondary N) is 1. The molecule has 0 bridgehead atoms. The van der Waals surface area contributed by atoms with E-state index < -0.39 is 6.09 Å². The van der Waals surface area contributed by atoms with Crippen LogP contribution in [0.4, 0.5) is 10.5 Å². The number of hydrogen-bond donors (Lipinski definition) is 1. The highest BCUT2D eigenvalue weighted by Crippen LogP contribution is 2.21. The van der Waals surface area contributed by atoms with Gasteiger partial charge in [-0.3, -0.25) is 5.32 Å². The van der Waals surface area contributed by atoms with E-state index in [1.54, 1.807) is 0 Å². The highest BCUT2D eigenvalue weighted by molar-refractivity contribution is 5.85. The number of ether oxygens (including phenoxy) is 2. The van der Waals surface area contributed by atoms with E-state index in [4.69, 9.17) is 9.47 Å². The minimum absolute atomic E-state index is 0.371. The molecule has 0 aliphatic carbocycles. The Morgan fingerprint density at radius 3 is 2.65 bits per heavy atom. The lowest BCUT2D eigenvalue weighted by molar-refractivity contribution is 0.151. The van der Waals surface area contributed by atoms with Crippen LogP contribution in [0.5, 0.6) is 5.75 Å². The molecule has 0 saturated carbocycles. The largest absolute Gasteiger partial charge is 0.494 e. The SMILES string of the molecule is CCCOc1ccc(NC(=O)OCCN(C)C)c(C)c1. The topological polar surface area (TPSA) is 50.8 Å². The lowest BCUT2D eigenvalue weighted by atomic mass is 10.2. The smallest absolute Gasteiger partial charge is 0.411 e. The Labute approximate surface area is 120 Å². The fraction of sp³-hybridized carbons (Fsp3) is 0.533. The molecule has 5 nitrogen and oxygen atoms in total. The van der Waals surface area contributed by atoms with Gasteiger partial charge in [-0.2, -0.15) is 0 Å². The van der Waals surface area contributed by atoms with E-state index >= 15 is 0 Å². The van der Waals surface area contributed by atoms with Crippen LogP contribution in [0, 0.1) is 6.92 Å². The zero-order valence-electron chi connectivity index (χ0n) is 12.7. The third kappa shape index (κ3) is 5.93. The Balaban J connectivity index is 2.49. The van der Waals surface area contributed by atoms with Crippen LogP contribution in [-0.2, 0) is 4.74 Å². The van der Waals surface area contributed by atoms with Gasteiger partial charge >= 0.3 is 6.09 Å².